The fourth-order valence-electron chi connectivity index (χ4n) is 3.30. The van der Waals surface area contributed by atoms with Gasteiger partial charge in [0.05, 0.1) is 6.67 Å². The van der Waals surface area contributed by atoms with E-state index < -0.39 is 0 Å². The molecule has 0 unspecified atom stereocenters. The maximum Gasteiger partial charge on any atom is 0.217 e. The third-order valence-electron chi connectivity index (χ3n) is 4.81. The van der Waals surface area contributed by atoms with E-state index in [2.05, 4.69) is 14.9 Å². The number of aromatic nitrogens is 3. The maximum atomic E-state index is 13.1. The van der Waals surface area contributed by atoms with Crippen molar-refractivity contribution < 1.29 is 9.18 Å². The lowest BCUT2D eigenvalue weighted by Gasteiger charge is -2.35. The highest BCUT2D eigenvalue weighted by molar-refractivity contribution is 7.71. The Morgan fingerprint density at radius 3 is 2.48 bits per heavy atom. The zero-order valence-electron chi connectivity index (χ0n) is 15.5. The molecule has 0 bridgehead atoms. The van der Waals surface area contributed by atoms with Crippen LogP contribution in [0.1, 0.15) is 19.2 Å². The lowest BCUT2D eigenvalue weighted by molar-refractivity contribution is -0.118. The SMILES string of the molecule is CCn1c(CCC(N)=O)nn(CN2CCN(c3ccc(F)cc3)CC2)c1=S. The zero-order valence-corrected chi connectivity index (χ0v) is 16.3. The summed E-state index contributed by atoms with van der Waals surface area (Å²) in [4.78, 5) is 15.6. The molecule has 1 aromatic carbocycles. The fourth-order valence-corrected chi connectivity index (χ4v) is 3.64. The van der Waals surface area contributed by atoms with Gasteiger partial charge >= 0.3 is 0 Å². The molecule has 0 atom stereocenters. The number of hydrogen-bond donors (Lipinski definition) is 1. The number of carbonyl (C=O) groups excluding carboxylic acids is 1. The van der Waals surface area contributed by atoms with Crippen molar-refractivity contribution in [3.05, 3.63) is 40.7 Å². The average Bonchev–Trinajstić information content (AvgIpc) is 2.96. The van der Waals surface area contributed by atoms with Gasteiger partial charge in [0.2, 0.25) is 5.91 Å². The molecule has 3 rings (SSSR count). The van der Waals surface area contributed by atoms with Crippen LogP contribution in [0.15, 0.2) is 24.3 Å². The number of rotatable bonds is 7. The van der Waals surface area contributed by atoms with E-state index in [1.807, 2.05) is 28.3 Å². The van der Waals surface area contributed by atoms with Crippen molar-refractivity contribution in [1.82, 2.24) is 19.2 Å². The molecule has 146 valence electrons. The number of benzene rings is 1. The fraction of sp³-hybridized carbons (Fsp3) is 0.500. The van der Waals surface area contributed by atoms with Crippen LogP contribution in [0.2, 0.25) is 0 Å². The Bertz CT molecular complexity index is 839. The Morgan fingerprint density at radius 2 is 1.89 bits per heavy atom. The van der Waals surface area contributed by atoms with Gasteiger partial charge in [-0.2, -0.15) is 5.10 Å². The lowest BCUT2D eigenvalue weighted by atomic mass is 10.2. The molecule has 1 fully saturated rings. The summed E-state index contributed by atoms with van der Waals surface area (Å²) in [7, 11) is 0. The molecule has 2 heterocycles. The van der Waals surface area contributed by atoms with E-state index >= 15 is 0 Å². The molecule has 7 nitrogen and oxygen atoms in total. The van der Waals surface area contributed by atoms with Crippen LogP contribution in [0.4, 0.5) is 10.1 Å². The first kappa shape index (κ1) is 19.5. The number of primary amides is 1. The van der Waals surface area contributed by atoms with Crippen LogP contribution in [0.3, 0.4) is 0 Å². The molecular formula is C18H25FN6OS. The number of nitrogens with zero attached hydrogens (tertiary/aromatic N) is 5. The van der Waals surface area contributed by atoms with Crippen molar-refractivity contribution in [2.45, 2.75) is 33.0 Å². The molecule has 9 heteroatoms. The summed E-state index contributed by atoms with van der Waals surface area (Å²) in [5.41, 5.74) is 6.29. The topological polar surface area (TPSA) is 72.3 Å². The van der Waals surface area contributed by atoms with E-state index in [0.717, 1.165) is 37.7 Å². The number of anilines is 1. The van der Waals surface area contributed by atoms with Gasteiger partial charge in [-0.3, -0.25) is 9.69 Å². The minimum absolute atomic E-state index is 0.217. The first-order valence-corrected chi connectivity index (χ1v) is 9.56. The second kappa shape index (κ2) is 8.62. The Kier molecular flexibility index (Phi) is 6.22. The average molecular weight is 393 g/mol. The van der Waals surface area contributed by atoms with Gasteiger partial charge in [-0.05, 0) is 43.4 Å². The molecule has 1 saturated heterocycles. The van der Waals surface area contributed by atoms with Crippen LogP contribution in [0, 0.1) is 10.6 Å². The van der Waals surface area contributed by atoms with Crippen LogP contribution in [-0.4, -0.2) is 51.3 Å². The van der Waals surface area contributed by atoms with Crippen molar-refractivity contribution in [3.8, 4) is 0 Å². The molecule has 0 aliphatic carbocycles. The van der Waals surface area contributed by atoms with Gasteiger partial charge in [0.15, 0.2) is 4.77 Å². The summed E-state index contributed by atoms with van der Waals surface area (Å²) >= 11 is 5.55. The predicted octanol–water partition coefficient (Wildman–Crippen LogP) is 1.77. The van der Waals surface area contributed by atoms with Gasteiger partial charge in [-0.15, -0.1) is 0 Å². The van der Waals surface area contributed by atoms with Gasteiger partial charge in [0.25, 0.3) is 0 Å². The van der Waals surface area contributed by atoms with Crippen molar-refractivity contribution in [1.29, 1.82) is 0 Å². The summed E-state index contributed by atoms with van der Waals surface area (Å²) in [5.74, 6) is 0.242. The van der Waals surface area contributed by atoms with E-state index in [-0.39, 0.29) is 18.1 Å². The van der Waals surface area contributed by atoms with Crippen LogP contribution in [-0.2, 0) is 24.4 Å². The van der Waals surface area contributed by atoms with Crippen LogP contribution in [0.5, 0.6) is 0 Å². The second-order valence-electron chi connectivity index (χ2n) is 6.63. The van der Waals surface area contributed by atoms with Crippen molar-refractivity contribution in [2.75, 3.05) is 31.1 Å². The smallest absolute Gasteiger partial charge is 0.217 e. The highest BCUT2D eigenvalue weighted by atomic mass is 32.1. The van der Waals surface area contributed by atoms with Crippen molar-refractivity contribution in [3.63, 3.8) is 0 Å². The molecule has 2 N–H and O–H groups in total. The molecule has 1 aromatic heterocycles. The lowest BCUT2D eigenvalue weighted by Crippen LogP contribution is -2.47. The first-order chi connectivity index (χ1) is 13.0. The number of hydrogen-bond acceptors (Lipinski definition) is 5. The first-order valence-electron chi connectivity index (χ1n) is 9.15. The standard InChI is InChI=1S/C18H25FN6OS/c1-2-24-17(8-7-16(20)26)21-25(18(24)27)13-22-9-11-23(12-10-22)15-5-3-14(19)4-6-15/h3-6H,2,7-13H2,1H3,(H2,20,26). The third kappa shape index (κ3) is 4.72. The van der Waals surface area contributed by atoms with Gasteiger partial charge in [-0.25, -0.2) is 9.07 Å². The normalized spacial score (nSPS) is 15.3. The molecule has 1 aliphatic rings. The van der Waals surface area contributed by atoms with E-state index in [4.69, 9.17) is 18.0 Å². The number of aryl methyl sites for hydroxylation is 1. The number of halogens is 1. The number of carbonyl (C=O) groups is 1. The Morgan fingerprint density at radius 1 is 1.22 bits per heavy atom. The summed E-state index contributed by atoms with van der Waals surface area (Å²) in [6.07, 6.45) is 0.764. The number of amides is 1. The van der Waals surface area contributed by atoms with Crippen LogP contribution >= 0.6 is 12.2 Å². The highest BCUT2D eigenvalue weighted by Gasteiger charge is 2.19. The predicted molar refractivity (Wildman–Crippen MR) is 104 cm³/mol. The van der Waals surface area contributed by atoms with Crippen molar-refractivity contribution >= 4 is 23.8 Å². The Balaban J connectivity index is 1.62. The van der Waals surface area contributed by atoms with E-state index in [9.17, 15) is 9.18 Å². The van der Waals surface area contributed by atoms with E-state index in [1.165, 1.54) is 12.1 Å². The van der Waals surface area contributed by atoms with Gasteiger partial charge in [-0.1, -0.05) is 0 Å². The summed E-state index contributed by atoms with van der Waals surface area (Å²) < 4.78 is 17.5. The minimum atomic E-state index is -0.338. The Labute approximate surface area is 163 Å². The third-order valence-corrected chi connectivity index (χ3v) is 5.24. The summed E-state index contributed by atoms with van der Waals surface area (Å²) in [6, 6.07) is 6.61. The van der Waals surface area contributed by atoms with Gasteiger partial charge in [0, 0.05) is 51.3 Å². The minimum Gasteiger partial charge on any atom is -0.370 e. The molecule has 0 saturated carbocycles. The largest absolute Gasteiger partial charge is 0.370 e. The molecule has 1 amide bonds. The molecule has 27 heavy (non-hydrogen) atoms. The molecule has 1 aliphatic heterocycles. The van der Waals surface area contributed by atoms with E-state index in [1.54, 1.807) is 0 Å². The zero-order chi connectivity index (χ0) is 19.4. The molecular weight excluding hydrogens is 367 g/mol. The van der Waals surface area contributed by atoms with Crippen LogP contribution < -0.4 is 10.6 Å². The highest BCUT2D eigenvalue weighted by Crippen LogP contribution is 2.17. The summed E-state index contributed by atoms with van der Waals surface area (Å²) in [5, 5.41) is 4.60. The van der Waals surface area contributed by atoms with E-state index in [0.29, 0.717) is 24.4 Å². The second-order valence-corrected chi connectivity index (χ2v) is 7.00. The van der Waals surface area contributed by atoms with Gasteiger partial charge < -0.3 is 15.2 Å². The quantitative estimate of drug-likeness (QED) is 0.727. The number of nitrogens with two attached hydrogens (primary N) is 1. The maximum absolute atomic E-state index is 13.1. The van der Waals surface area contributed by atoms with Crippen LogP contribution in [0.25, 0.3) is 0 Å². The summed E-state index contributed by atoms with van der Waals surface area (Å²) in [6.45, 7) is 6.81. The van der Waals surface area contributed by atoms with Gasteiger partial charge in [0.1, 0.15) is 11.6 Å². The van der Waals surface area contributed by atoms with Crippen molar-refractivity contribution in [2.24, 2.45) is 5.73 Å². The molecule has 0 spiro atoms. The Hall–Kier alpha value is -2.26. The monoisotopic (exact) mass is 392 g/mol. The molecule has 0 radical (unpaired) electrons. The molecule has 2 aromatic rings. The number of piperazine rings is 1.